The van der Waals surface area contributed by atoms with E-state index in [1.54, 1.807) is 0 Å². The highest BCUT2D eigenvalue weighted by Gasteiger charge is 2.29. The molecule has 0 amide bonds. The minimum atomic E-state index is -3.50. The molecule has 0 saturated carbocycles. The molecule has 1 aliphatic rings. The van der Waals surface area contributed by atoms with Crippen LogP contribution in [-0.2, 0) is 10.0 Å². The van der Waals surface area contributed by atoms with Crippen LogP contribution in [0.2, 0.25) is 0 Å². The molecule has 1 heterocycles. The molecule has 0 aromatic heterocycles. The van der Waals surface area contributed by atoms with Crippen molar-refractivity contribution in [3.8, 4) is 6.07 Å². The Kier molecular flexibility index (Phi) is 4.76. The summed E-state index contributed by atoms with van der Waals surface area (Å²) in [7, 11) is -3.50. The third kappa shape index (κ3) is 3.18. The molecule has 1 unspecified atom stereocenters. The average molecular weight is 294 g/mol. The summed E-state index contributed by atoms with van der Waals surface area (Å²) in [5, 5.41) is 17.7. The molecule has 1 aromatic rings. The van der Waals surface area contributed by atoms with E-state index in [2.05, 4.69) is 0 Å². The SMILES string of the molecule is N#Cc1ccc(S(=O)(=O)N2CCCC(CCO)C2)cc1. The fraction of sp³-hybridized carbons (Fsp3) is 0.500. The Balaban J connectivity index is 2.18. The molecule has 2 rings (SSSR count). The van der Waals surface area contributed by atoms with Gasteiger partial charge in [-0.05, 0) is 49.4 Å². The van der Waals surface area contributed by atoms with Crippen molar-refractivity contribution in [1.82, 2.24) is 4.31 Å². The third-order valence-electron chi connectivity index (χ3n) is 3.64. The van der Waals surface area contributed by atoms with Gasteiger partial charge in [0.15, 0.2) is 0 Å². The minimum Gasteiger partial charge on any atom is -0.396 e. The van der Waals surface area contributed by atoms with Crippen LogP contribution in [0.5, 0.6) is 0 Å². The van der Waals surface area contributed by atoms with Crippen LogP contribution < -0.4 is 0 Å². The maximum Gasteiger partial charge on any atom is 0.243 e. The first kappa shape index (κ1) is 15.0. The lowest BCUT2D eigenvalue weighted by atomic mass is 9.97. The molecule has 20 heavy (non-hydrogen) atoms. The normalized spacial score (nSPS) is 20.5. The van der Waals surface area contributed by atoms with Gasteiger partial charge in [-0.2, -0.15) is 9.57 Å². The van der Waals surface area contributed by atoms with E-state index in [1.807, 2.05) is 6.07 Å². The third-order valence-corrected chi connectivity index (χ3v) is 5.52. The number of benzene rings is 1. The Morgan fingerprint density at radius 2 is 2.05 bits per heavy atom. The molecule has 0 radical (unpaired) electrons. The van der Waals surface area contributed by atoms with Crippen LogP contribution in [0.3, 0.4) is 0 Å². The molecule has 0 spiro atoms. The van der Waals surface area contributed by atoms with Crippen molar-refractivity contribution in [2.24, 2.45) is 5.92 Å². The van der Waals surface area contributed by atoms with Crippen LogP contribution in [0, 0.1) is 17.2 Å². The molecule has 108 valence electrons. The van der Waals surface area contributed by atoms with E-state index >= 15 is 0 Å². The zero-order valence-electron chi connectivity index (χ0n) is 11.2. The molecule has 1 fully saturated rings. The molecule has 1 aromatic carbocycles. The highest BCUT2D eigenvalue weighted by atomic mass is 32.2. The maximum absolute atomic E-state index is 12.5. The highest BCUT2D eigenvalue weighted by Crippen LogP contribution is 2.25. The van der Waals surface area contributed by atoms with E-state index in [0.717, 1.165) is 12.8 Å². The van der Waals surface area contributed by atoms with Gasteiger partial charge in [-0.15, -0.1) is 0 Å². The lowest BCUT2D eigenvalue weighted by Gasteiger charge is -2.31. The summed E-state index contributed by atoms with van der Waals surface area (Å²) >= 11 is 0. The molecule has 0 aliphatic carbocycles. The number of nitriles is 1. The average Bonchev–Trinajstić information content (AvgIpc) is 2.48. The molecule has 1 atom stereocenters. The van der Waals surface area contributed by atoms with Crippen molar-refractivity contribution < 1.29 is 13.5 Å². The number of aliphatic hydroxyl groups is 1. The van der Waals surface area contributed by atoms with E-state index in [4.69, 9.17) is 10.4 Å². The van der Waals surface area contributed by atoms with Crippen molar-refractivity contribution in [1.29, 1.82) is 5.26 Å². The van der Waals surface area contributed by atoms with Gasteiger partial charge in [-0.1, -0.05) is 0 Å². The Morgan fingerprint density at radius 3 is 2.65 bits per heavy atom. The smallest absolute Gasteiger partial charge is 0.243 e. The van der Waals surface area contributed by atoms with E-state index in [-0.39, 0.29) is 17.4 Å². The summed E-state index contributed by atoms with van der Waals surface area (Å²) in [4.78, 5) is 0.223. The van der Waals surface area contributed by atoms with Crippen LogP contribution in [0.4, 0.5) is 0 Å². The Bertz CT molecular complexity index is 588. The summed E-state index contributed by atoms with van der Waals surface area (Å²) < 4.78 is 26.5. The molecule has 6 heteroatoms. The number of sulfonamides is 1. The van der Waals surface area contributed by atoms with Crippen molar-refractivity contribution in [2.45, 2.75) is 24.2 Å². The number of rotatable bonds is 4. The second-order valence-corrected chi connectivity index (χ2v) is 6.96. The number of piperidine rings is 1. The molecule has 1 saturated heterocycles. The van der Waals surface area contributed by atoms with Gasteiger partial charge in [-0.25, -0.2) is 8.42 Å². The molecule has 1 N–H and O–H groups in total. The van der Waals surface area contributed by atoms with Crippen LogP contribution in [0.1, 0.15) is 24.8 Å². The summed E-state index contributed by atoms with van der Waals surface area (Å²) in [6.45, 7) is 1.07. The van der Waals surface area contributed by atoms with Gasteiger partial charge in [0.05, 0.1) is 16.5 Å². The largest absolute Gasteiger partial charge is 0.396 e. The standard InChI is InChI=1S/C14H18N2O3S/c15-10-12-3-5-14(6-4-12)20(18,19)16-8-1-2-13(11-16)7-9-17/h3-6,13,17H,1-2,7-9,11H2. The summed E-state index contributed by atoms with van der Waals surface area (Å²) in [6, 6.07) is 7.96. The minimum absolute atomic E-state index is 0.0927. The Morgan fingerprint density at radius 1 is 1.35 bits per heavy atom. The van der Waals surface area contributed by atoms with Gasteiger partial charge in [0, 0.05) is 19.7 Å². The highest BCUT2D eigenvalue weighted by molar-refractivity contribution is 7.89. The first-order valence-electron chi connectivity index (χ1n) is 6.69. The van der Waals surface area contributed by atoms with Crippen molar-refractivity contribution in [3.63, 3.8) is 0 Å². The fourth-order valence-corrected chi connectivity index (χ4v) is 4.07. The Hall–Kier alpha value is -1.42. The van der Waals surface area contributed by atoms with E-state index in [0.29, 0.717) is 25.1 Å². The number of nitrogens with zero attached hydrogens (tertiary/aromatic N) is 2. The Labute approximate surface area is 119 Å². The van der Waals surface area contributed by atoms with Crippen molar-refractivity contribution in [2.75, 3.05) is 19.7 Å². The van der Waals surface area contributed by atoms with Gasteiger partial charge in [-0.3, -0.25) is 0 Å². The second kappa shape index (κ2) is 6.35. The van der Waals surface area contributed by atoms with Gasteiger partial charge >= 0.3 is 0 Å². The van der Waals surface area contributed by atoms with Gasteiger partial charge in [0.25, 0.3) is 0 Å². The number of hydrogen-bond acceptors (Lipinski definition) is 4. The van der Waals surface area contributed by atoms with Crippen LogP contribution in [-0.4, -0.2) is 37.5 Å². The molecular weight excluding hydrogens is 276 g/mol. The fourth-order valence-electron chi connectivity index (χ4n) is 2.51. The van der Waals surface area contributed by atoms with E-state index < -0.39 is 10.0 Å². The van der Waals surface area contributed by atoms with Crippen LogP contribution in [0.25, 0.3) is 0 Å². The lowest BCUT2D eigenvalue weighted by molar-refractivity contribution is 0.203. The predicted molar refractivity (Wildman–Crippen MR) is 74.3 cm³/mol. The number of aliphatic hydroxyl groups excluding tert-OH is 1. The summed E-state index contributed by atoms with van der Waals surface area (Å²) in [5.41, 5.74) is 0.445. The lowest BCUT2D eigenvalue weighted by Crippen LogP contribution is -2.40. The number of hydrogen-bond donors (Lipinski definition) is 1. The second-order valence-electron chi connectivity index (χ2n) is 5.02. The summed E-state index contributed by atoms with van der Waals surface area (Å²) in [6.07, 6.45) is 2.42. The predicted octanol–water partition coefficient (Wildman–Crippen LogP) is 1.34. The molecule has 5 nitrogen and oxygen atoms in total. The quantitative estimate of drug-likeness (QED) is 0.908. The van der Waals surface area contributed by atoms with Gasteiger partial charge < -0.3 is 5.11 Å². The van der Waals surface area contributed by atoms with Crippen molar-refractivity contribution in [3.05, 3.63) is 29.8 Å². The van der Waals surface area contributed by atoms with E-state index in [1.165, 1.54) is 28.6 Å². The van der Waals surface area contributed by atoms with Gasteiger partial charge in [0.1, 0.15) is 0 Å². The monoisotopic (exact) mass is 294 g/mol. The first-order chi connectivity index (χ1) is 9.57. The van der Waals surface area contributed by atoms with Gasteiger partial charge in [0.2, 0.25) is 10.0 Å². The zero-order valence-corrected chi connectivity index (χ0v) is 12.0. The van der Waals surface area contributed by atoms with E-state index in [9.17, 15) is 8.42 Å². The zero-order chi connectivity index (χ0) is 14.6. The van der Waals surface area contributed by atoms with Crippen LogP contribution in [0.15, 0.2) is 29.2 Å². The molecule has 0 bridgehead atoms. The molecule has 1 aliphatic heterocycles. The first-order valence-corrected chi connectivity index (χ1v) is 8.13. The molecular formula is C14H18N2O3S. The van der Waals surface area contributed by atoms with Crippen LogP contribution >= 0.6 is 0 Å². The van der Waals surface area contributed by atoms with Crippen molar-refractivity contribution >= 4 is 10.0 Å². The maximum atomic E-state index is 12.5. The topological polar surface area (TPSA) is 81.4 Å². The summed E-state index contributed by atoms with van der Waals surface area (Å²) in [5.74, 6) is 0.224.